The largest absolute Gasteiger partial charge is 0.352 e. The second kappa shape index (κ2) is 7.81. The molecule has 0 radical (unpaired) electrons. The quantitative estimate of drug-likeness (QED) is 0.578. The van der Waals surface area contributed by atoms with E-state index in [9.17, 15) is 14.4 Å². The Balaban J connectivity index is 1.49. The summed E-state index contributed by atoms with van der Waals surface area (Å²) in [4.78, 5) is 40.7. The average molecular weight is 355 g/mol. The maximum atomic E-state index is 12.2. The highest BCUT2D eigenvalue weighted by molar-refractivity contribution is 6.12. The Hall–Kier alpha value is -3.16. The lowest BCUT2D eigenvalue weighted by molar-refractivity contribution is -0.117. The highest BCUT2D eigenvalue weighted by Gasteiger charge is 2.27. The van der Waals surface area contributed by atoms with Crippen molar-refractivity contribution >= 4 is 23.5 Å². The number of anilines is 1. The molecule has 1 aliphatic rings. The minimum atomic E-state index is -0.446. The van der Waals surface area contributed by atoms with Gasteiger partial charge in [-0.1, -0.05) is 6.92 Å². The van der Waals surface area contributed by atoms with Gasteiger partial charge in [0, 0.05) is 43.2 Å². The summed E-state index contributed by atoms with van der Waals surface area (Å²) in [5.74, 6) is 0.539. The first-order valence-electron chi connectivity index (χ1n) is 8.58. The third-order valence-corrected chi connectivity index (χ3v) is 4.21. The molecule has 1 saturated heterocycles. The van der Waals surface area contributed by atoms with Crippen LogP contribution in [0.3, 0.4) is 0 Å². The number of carbonyl (C=O) groups excluding carboxylic acids is 3. The van der Waals surface area contributed by atoms with Crippen molar-refractivity contribution in [2.75, 3.05) is 18.0 Å². The fourth-order valence-electron chi connectivity index (χ4n) is 2.85. The monoisotopic (exact) mass is 355 g/mol. The first kappa shape index (κ1) is 17.7. The summed E-state index contributed by atoms with van der Waals surface area (Å²) in [5.41, 5.74) is 1.09. The van der Waals surface area contributed by atoms with Crippen molar-refractivity contribution in [1.82, 2.24) is 20.2 Å². The molecule has 4 amide bonds. The molecule has 1 aromatic heterocycles. The molecule has 0 bridgehead atoms. The van der Waals surface area contributed by atoms with Crippen LogP contribution in [-0.2, 0) is 17.8 Å². The van der Waals surface area contributed by atoms with Crippen LogP contribution in [0.5, 0.6) is 0 Å². The van der Waals surface area contributed by atoms with Gasteiger partial charge in [-0.15, -0.1) is 0 Å². The number of amides is 4. The molecular weight excluding hydrogens is 334 g/mol. The number of hydrogen-bond donors (Lipinski definition) is 2. The number of urea groups is 1. The number of imide groups is 1. The van der Waals surface area contributed by atoms with Crippen LogP contribution in [0.25, 0.3) is 0 Å². The van der Waals surface area contributed by atoms with Crippen molar-refractivity contribution in [2.24, 2.45) is 0 Å². The number of carbonyl (C=O) groups is 3. The summed E-state index contributed by atoms with van der Waals surface area (Å²) in [6.45, 7) is 3.43. The average Bonchev–Trinajstić information content (AvgIpc) is 3.24. The minimum absolute atomic E-state index is 0.00161. The van der Waals surface area contributed by atoms with Gasteiger partial charge in [-0.3, -0.25) is 19.8 Å². The van der Waals surface area contributed by atoms with Gasteiger partial charge < -0.3 is 9.88 Å². The molecule has 1 fully saturated rings. The van der Waals surface area contributed by atoms with Gasteiger partial charge in [-0.05, 0) is 30.7 Å². The Labute approximate surface area is 151 Å². The van der Waals surface area contributed by atoms with Crippen LogP contribution in [0.15, 0.2) is 36.7 Å². The van der Waals surface area contributed by atoms with Gasteiger partial charge in [0.05, 0.1) is 0 Å². The molecule has 3 rings (SSSR count). The summed E-state index contributed by atoms with van der Waals surface area (Å²) in [6, 6.07) is 6.16. The van der Waals surface area contributed by atoms with Gasteiger partial charge in [-0.25, -0.2) is 9.78 Å². The van der Waals surface area contributed by atoms with Crippen molar-refractivity contribution in [3.8, 4) is 0 Å². The van der Waals surface area contributed by atoms with Crippen LogP contribution in [-0.4, -0.2) is 40.5 Å². The SMILES string of the molecule is CCc1nccn1CCCNC(=O)c1ccc(N2CC(=O)NC2=O)cc1. The maximum Gasteiger partial charge on any atom is 0.329 e. The number of rotatable bonds is 7. The lowest BCUT2D eigenvalue weighted by atomic mass is 10.2. The highest BCUT2D eigenvalue weighted by Crippen LogP contribution is 2.17. The highest BCUT2D eigenvalue weighted by atomic mass is 16.2. The van der Waals surface area contributed by atoms with E-state index in [0.717, 1.165) is 25.2 Å². The van der Waals surface area contributed by atoms with Crippen LogP contribution < -0.4 is 15.5 Å². The number of aromatic nitrogens is 2. The Kier molecular flexibility index (Phi) is 5.31. The summed E-state index contributed by atoms with van der Waals surface area (Å²) in [5, 5.41) is 5.10. The van der Waals surface area contributed by atoms with Gasteiger partial charge in [0.2, 0.25) is 5.91 Å². The van der Waals surface area contributed by atoms with Crippen LogP contribution in [0, 0.1) is 0 Å². The third kappa shape index (κ3) is 3.90. The van der Waals surface area contributed by atoms with Crippen LogP contribution in [0.1, 0.15) is 29.5 Å². The van der Waals surface area contributed by atoms with E-state index < -0.39 is 6.03 Å². The summed E-state index contributed by atoms with van der Waals surface area (Å²) >= 11 is 0. The second-order valence-electron chi connectivity index (χ2n) is 5.99. The number of hydrogen-bond acceptors (Lipinski definition) is 4. The molecule has 0 aliphatic carbocycles. The first-order chi connectivity index (χ1) is 12.6. The number of nitrogens with zero attached hydrogens (tertiary/aromatic N) is 3. The molecule has 136 valence electrons. The van der Waals surface area contributed by atoms with Gasteiger partial charge in [0.15, 0.2) is 0 Å². The van der Waals surface area contributed by atoms with Gasteiger partial charge in [-0.2, -0.15) is 0 Å². The summed E-state index contributed by atoms with van der Waals surface area (Å²) in [7, 11) is 0. The number of nitrogens with one attached hydrogen (secondary N) is 2. The van der Waals surface area contributed by atoms with E-state index in [2.05, 4.69) is 27.1 Å². The Morgan fingerprint density at radius 2 is 2.04 bits per heavy atom. The number of benzene rings is 1. The second-order valence-corrected chi connectivity index (χ2v) is 5.99. The molecule has 8 heteroatoms. The molecule has 1 aliphatic heterocycles. The van der Waals surface area contributed by atoms with Crippen molar-refractivity contribution in [3.05, 3.63) is 48.0 Å². The lowest BCUT2D eigenvalue weighted by Gasteiger charge is -2.13. The number of imidazole rings is 1. The third-order valence-electron chi connectivity index (χ3n) is 4.21. The van der Waals surface area contributed by atoms with E-state index >= 15 is 0 Å². The predicted molar refractivity (Wildman–Crippen MR) is 95.9 cm³/mol. The van der Waals surface area contributed by atoms with E-state index in [1.165, 1.54) is 4.90 Å². The molecule has 0 atom stereocenters. The molecule has 26 heavy (non-hydrogen) atoms. The van der Waals surface area contributed by atoms with Crippen LogP contribution >= 0.6 is 0 Å². The molecule has 8 nitrogen and oxygen atoms in total. The van der Waals surface area contributed by atoms with E-state index in [0.29, 0.717) is 17.8 Å². The molecule has 1 aromatic carbocycles. The van der Waals surface area contributed by atoms with Crippen LogP contribution in [0.4, 0.5) is 10.5 Å². The standard InChI is InChI=1S/C18H21N5O3/c1-2-15-19-9-11-22(15)10-3-8-20-17(25)13-4-6-14(7-5-13)23-12-16(24)21-18(23)26/h4-7,9,11H,2-3,8,10,12H2,1H3,(H,20,25)(H,21,24,26). The summed E-state index contributed by atoms with van der Waals surface area (Å²) in [6.07, 6.45) is 5.42. The molecule has 0 unspecified atom stereocenters. The summed E-state index contributed by atoms with van der Waals surface area (Å²) < 4.78 is 2.09. The van der Waals surface area contributed by atoms with E-state index in [1.807, 2.05) is 6.20 Å². The molecule has 2 aromatic rings. The van der Waals surface area contributed by atoms with Gasteiger partial charge >= 0.3 is 6.03 Å². The normalized spacial score (nSPS) is 13.8. The number of aryl methyl sites for hydroxylation is 2. The smallest absolute Gasteiger partial charge is 0.329 e. The van der Waals surface area contributed by atoms with E-state index in [4.69, 9.17) is 0 Å². The molecule has 2 N–H and O–H groups in total. The lowest BCUT2D eigenvalue weighted by Crippen LogP contribution is -2.28. The van der Waals surface area contributed by atoms with Crippen molar-refractivity contribution in [2.45, 2.75) is 26.3 Å². The Morgan fingerprint density at radius 3 is 2.69 bits per heavy atom. The topological polar surface area (TPSA) is 96.3 Å². The molecule has 0 spiro atoms. The Bertz CT molecular complexity index is 812. The fourth-order valence-corrected chi connectivity index (χ4v) is 2.85. The first-order valence-corrected chi connectivity index (χ1v) is 8.58. The van der Waals surface area contributed by atoms with Crippen LogP contribution in [0.2, 0.25) is 0 Å². The molecule has 2 heterocycles. The minimum Gasteiger partial charge on any atom is -0.352 e. The fraction of sp³-hybridized carbons (Fsp3) is 0.333. The van der Waals surface area contributed by atoms with Crippen molar-refractivity contribution < 1.29 is 14.4 Å². The zero-order chi connectivity index (χ0) is 18.5. The maximum absolute atomic E-state index is 12.2. The van der Waals surface area contributed by atoms with Gasteiger partial charge in [0.1, 0.15) is 12.4 Å². The predicted octanol–water partition coefficient (Wildman–Crippen LogP) is 1.32. The van der Waals surface area contributed by atoms with Crippen molar-refractivity contribution in [3.63, 3.8) is 0 Å². The van der Waals surface area contributed by atoms with E-state index in [-0.39, 0.29) is 18.4 Å². The van der Waals surface area contributed by atoms with E-state index in [1.54, 1.807) is 30.5 Å². The van der Waals surface area contributed by atoms with Gasteiger partial charge in [0.25, 0.3) is 5.91 Å². The zero-order valence-electron chi connectivity index (χ0n) is 14.6. The Morgan fingerprint density at radius 1 is 1.27 bits per heavy atom. The zero-order valence-corrected chi connectivity index (χ0v) is 14.6. The molecular formula is C18H21N5O3. The van der Waals surface area contributed by atoms with Crippen molar-refractivity contribution in [1.29, 1.82) is 0 Å². The molecule has 0 saturated carbocycles.